The first kappa shape index (κ1) is 23.7. The number of halogens is 1. The summed E-state index contributed by atoms with van der Waals surface area (Å²) in [6.45, 7) is 6.04. The van der Waals surface area contributed by atoms with Crippen molar-refractivity contribution in [3.05, 3.63) is 57.5 Å². The van der Waals surface area contributed by atoms with Crippen LogP contribution in [0.15, 0.2) is 41.3 Å². The third-order valence-electron chi connectivity index (χ3n) is 4.40. The molecule has 2 aromatic carbocycles. The van der Waals surface area contributed by atoms with Crippen LogP contribution in [0, 0.1) is 6.92 Å². The maximum atomic E-state index is 12.8. The number of imide groups is 1. The minimum absolute atomic E-state index is 0.195. The number of carbonyl (C=O) groups is 3. The van der Waals surface area contributed by atoms with E-state index in [0.29, 0.717) is 41.0 Å². The zero-order valence-corrected chi connectivity index (χ0v) is 19.5. The molecule has 2 aromatic rings. The lowest BCUT2D eigenvalue weighted by atomic mass is 10.1. The Morgan fingerprint density at radius 2 is 1.91 bits per heavy atom. The number of amides is 3. The Morgan fingerprint density at radius 3 is 2.59 bits per heavy atom. The van der Waals surface area contributed by atoms with Crippen molar-refractivity contribution >= 4 is 52.2 Å². The van der Waals surface area contributed by atoms with Crippen LogP contribution in [-0.4, -0.2) is 41.7 Å². The Labute approximate surface area is 195 Å². The van der Waals surface area contributed by atoms with Crippen molar-refractivity contribution in [1.29, 1.82) is 0 Å². The van der Waals surface area contributed by atoms with Gasteiger partial charge in [-0.3, -0.25) is 19.3 Å². The molecule has 0 spiro atoms. The zero-order valence-electron chi connectivity index (χ0n) is 17.9. The molecule has 1 aliphatic heterocycles. The van der Waals surface area contributed by atoms with E-state index in [-0.39, 0.29) is 11.4 Å². The van der Waals surface area contributed by atoms with Crippen LogP contribution < -0.4 is 14.8 Å². The Kier molecular flexibility index (Phi) is 7.82. The van der Waals surface area contributed by atoms with Gasteiger partial charge in [0.05, 0.1) is 23.1 Å². The van der Waals surface area contributed by atoms with Gasteiger partial charge >= 0.3 is 0 Å². The first-order chi connectivity index (χ1) is 15.3. The number of thioether (sulfide) groups is 1. The van der Waals surface area contributed by atoms with Crippen LogP contribution in [0.3, 0.4) is 0 Å². The molecular weight excluding hydrogens is 452 g/mol. The van der Waals surface area contributed by atoms with E-state index in [2.05, 4.69) is 5.32 Å². The van der Waals surface area contributed by atoms with Gasteiger partial charge in [0, 0.05) is 5.69 Å². The Bertz CT molecular complexity index is 1090. The number of carbonyl (C=O) groups excluding carboxylic acids is 3. The summed E-state index contributed by atoms with van der Waals surface area (Å²) in [6, 6.07) is 10.6. The molecule has 3 rings (SSSR count). The molecule has 0 saturated carbocycles. The number of hydrogen-bond donors (Lipinski definition) is 1. The van der Waals surface area contributed by atoms with Crippen LogP contribution in [0.4, 0.5) is 10.5 Å². The highest BCUT2D eigenvalue weighted by atomic mass is 35.5. The summed E-state index contributed by atoms with van der Waals surface area (Å²) < 4.78 is 11.1. The third-order valence-corrected chi connectivity index (χ3v) is 5.58. The number of ether oxygens (including phenoxy) is 2. The Hall–Kier alpha value is -2.97. The molecule has 0 aromatic heterocycles. The second-order valence-corrected chi connectivity index (χ2v) is 8.28. The molecule has 32 heavy (non-hydrogen) atoms. The quantitative estimate of drug-likeness (QED) is 0.534. The van der Waals surface area contributed by atoms with Crippen LogP contribution in [-0.2, 0) is 9.59 Å². The van der Waals surface area contributed by atoms with Gasteiger partial charge in [0.1, 0.15) is 6.54 Å². The van der Waals surface area contributed by atoms with Crippen LogP contribution in [0.1, 0.15) is 25.0 Å². The van der Waals surface area contributed by atoms with E-state index >= 15 is 0 Å². The molecule has 3 amide bonds. The second kappa shape index (κ2) is 10.6. The number of benzene rings is 2. The van der Waals surface area contributed by atoms with Crippen molar-refractivity contribution in [1.82, 2.24) is 4.90 Å². The molecule has 1 N–H and O–H groups in total. The topological polar surface area (TPSA) is 84.9 Å². The SMILES string of the molecule is CCOc1cc(/C=C2\SC(=O)N(CC(=O)Nc3cccc(C)c3)C2=O)cc(Cl)c1OCC. The minimum Gasteiger partial charge on any atom is -0.490 e. The number of nitrogens with zero attached hydrogens (tertiary/aromatic N) is 1. The molecule has 168 valence electrons. The normalized spacial score (nSPS) is 14.8. The van der Waals surface area contributed by atoms with E-state index < -0.39 is 17.1 Å². The summed E-state index contributed by atoms with van der Waals surface area (Å²) in [6.07, 6.45) is 1.55. The lowest BCUT2D eigenvalue weighted by Crippen LogP contribution is -2.36. The highest BCUT2D eigenvalue weighted by molar-refractivity contribution is 8.18. The van der Waals surface area contributed by atoms with E-state index in [0.717, 1.165) is 22.2 Å². The van der Waals surface area contributed by atoms with E-state index in [1.54, 1.807) is 30.3 Å². The van der Waals surface area contributed by atoms with Gasteiger partial charge in [0.25, 0.3) is 11.1 Å². The van der Waals surface area contributed by atoms with E-state index in [1.807, 2.05) is 32.9 Å². The average molecular weight is 475 g/mol. The van der Waals surface area contributed by atoms with Gasteiger partial charge < -0.3 is 14.8 Å². The molecule has 1 fully saturated rings. The minimum atomic E-state index is -0.539. The highest BCUT2D eigenvalue weighted by Crippen LogP contribution is 2.39. The van der Waals surface area contributed by atoms with Gasteiger partial charge in [0.2, 0.25) is 5.91 Å². The summed E-state index contributed by atoms with van der Waals surface area (Å²) in [4.78, 5) is 38.6. The molecule has 0 atom stereocenters. The summed E-state index contributed by atoms with van der Waals surface area (Å²) in [5.74, 6) is -0.122. The smallest absolute Gasteiger partial charge is 0.294 e. The maximum absolute atomic E-state index is 12.8. The van der Waals surface area contributed by atoms with Crippen LogP contribution in [0.25, 0.3) is 6.08 Å². The predicted octanol–water partition coefficient (Wildman–Crippen LogP) is 5.12. The summed E-state index contributed by atoms with van der Waals surface area (Å²) >= 11 is 7.10. The molecule has 1 aliphatic rings. The van der Waals surface area contributed by atoms with Gasteiger partial charge in [-0.05, 0) is 74.0 Å². The molecule has 0 bridgehead atoms. The molecule has 0 aliphatic carbocycles. The standard InChI is InChI=1S/C23H23ClN2O5S/c1-4-30-18-11-15(10-17(24)21(18)31-5-2)12-19-22(28)26(23(29)32-19)13-20(27)25-16-8-6-7-14(3)9-16/h6-12H,4-5,13H2,1-3H3,(H,25,27)/b19-12-. The van der Waals surface area contributed by atoms with Crippen molar-refractivity contribution in [3.63, 3.8) is 0 Å². The van der Waals surface area contributed by atoms with Crippen molar-refractivity contribution in [2.24, 2.45) is 0 Å². The van der Waals surface area contributed by atoms with Crippen molar-refractivity contribution in [3.8, 4) is 11.5 Å². The fourth-order valence-electron chi connectivity index (χ4n) is 3.07. The number of aryl methyl sites for hydroxylation is 1. The molecule has 1 heterocycles. The fraction of sp³-hybridized carbons (Fsp3) is 0.261. The lowest BCUT2D eigenvalue weighted by molar-refractivity contribution is -0.127. The fourth-order valence-corrected chi connectivity index (χ4v) is 4.19. The van der Waals surface area contributed by atoms with Gasteiger partial charge in [-0.1, -0.05) is 23.7 Å². The summed E-state index contributed by atoms with van der Waals surface area (Å²) in [5, 5.41) is 2.52. The number of anilines is 1. The summed E-state index contributed by atoms with van der Waals surface area (Å²) in [7, 11) is 0. The van der Waals surface area contributed by atoms with Crippen LogP contribution in [0.5, 0.6) is 11.5 Å². The number of rotatable bonds is 8. The van der Waals surface area contributed by atoms with E-state index in [4.69, 9.17) is 21.1 Å². The Balaban J connectivity index is 1.77. The molecule has 1 saturated heterocycles. The van der Waals surface area contributed by atoms with Crippen molar-refractivity contribution < 1.29 is 23.9 Å². The van der Waals surface area contributed by atoms with Crippen LogP contribution in [0.2, 0.25) is 5.02 Å². The third kappa shape index (κ3) is 5.63. The molecule has 0 unspecified atom stereocenters. The van der Waals surface area contributed by atoms with E-state index in [1.165, 1.54) is 0 Å². The van der Waals surface area contributed by atoms with Crippen LogP contribution >= 0.6 is 23.4 Å². The Morgan fingerprint density at radius 1 is 1.16 bits per heavy atom. The van der Waals surface area contributed by atoms with Gasteiger partial charge in [-0.25, -0.2) is 0 Å². The summed E-state index contributed by atoms with van der Waals surface area (Å²) in [5.41, 5.74) is 2.17. The number of nitrogens with one attached hydrogen (secondary N) is 1. The van der Waals surface area contributed by atoms with Crippen molar-refractivity contribution in [2.75, 3.05) is 25.1 Å². The highest BCUT2D eigenvalue weighted by Gasteiger charge is 2.36. The molecular formula is C23H23ClN2O5S. The molecule has 9 heteroatoms. The lowest BCUT2D eigenvalue weighted by Gasteiger charge is -2.14. The number of hydrogen-bond acceptors (Lipinski definition) is 6. The van der Waals surface area contributed by atoms with E-state index in [9.17, 15) is 14.4 Å². The van der Waals surface area contributed by atoms with Gasteiger partial charge in [-0.2, -0.15) is 0 Å². The predicted molar refractivity (Wildman–Crippen MR) is 126 cm³/mol. The van der Waals surface area contributed by atoms with Gasteiger partial charge in [0.15, 0.2) is 11.5 Å². The largest absolute Gasteiger partial charge is 0.490 e. The second-order valence-electron chi connectivity index (χ2n) is 6.88. The van der Waals surface area contributed by atoms with Crippen molar-refractivity contribution in [2.45, 2.75) is 20.8 Å². The first-order valence-electron chi connectivity index (χ1n) is 10.0. The average Bonchev–Trinajstić information content (AvgIpc) is 2.98. The maximum Gasteiger partial charge on any atom is 0.294 e. The zero-order chi connectivity index (χ0) is 23.3. The van der Waals surface area contributed by atoms with Gasteiger partial charge in [-0.15, -0.1) is 0 Å². The monoisotopic (exact) mass is 474 g/mol. The molecule has 7 nitrogen and oxygen atoms in total. The first-order valence-corrected chi connectivity index (χ1v) is 11.2. The molecule has 0 radical (unpaired) electrons.